The maximum Gasteiger partial charge on any atom is 0.270 e. The van der Waals surface area contributed by atoms with E-state index in [1.165, 1.54) is 0 Å². The molecule has 1 heterocycles. The van der Waals surface area contributed by atoms with Crippen molar-refractivity contribution in [2.75, 3.05) is 11.9 Å². The Morgan fingerprint density at radius 1 is 1.32 bits per heavy atom. The zero-order valence-corrected chi connectivity index (χ0v) is 15.8. The first-order chi connectivity index (χ1) is 11.8. The maximum atomic E-state index is 12.3. The van der Waals surface area contributed by atoms with E-state index in [1.54, 1.807) is 38.1 Å². The number of aromatic nitrogens is 2. The molecule has 10 heteroatoms. The lowest BCUT2D eigenvalue weighted by atomic mass is 10.2. The molecule has 0 bridgehead atoms. The van der Waals surface area contributed by atoms with Crippen LogP contribution in [0.3, 0.4) is 0 Å². The van der Waals surface area contributed by atoms with E-state index in [9.17, 15) is 13.2 Å². The first-order valence-corrected chi connectivity index (χ1v) is 9.97. The summed E-state index contributed by atoms with van der Waals surface area (Å²) in [5.41, 5.74) is 0.757. The minimum Gasteiger partial charge on any atom is -0.494 e. The van der Waals surface area contributed by atoms with Crippen LogP contribution in [0.5, 0.6) is 5.75 Å². The highest BCUT2D eigenvalue weighted by Crippen LogP contribution is 2.21. The number of rotatable bonds is 8. The minimum absolute atomic E-state index is 0.0938. The van der Waals surface area contributed by atoms with Gasteiger partial charge in [-0.2, -0.15) is 0 Å². The van der Waals surface area contributed by atoms with Gasteiger partial charge in [-0.1, -0.05) is 37.3 Å². The van der Waals surface area contributed by atoms with Gasteiger partial charge in [-0.25, -0.2) is 13.1 Å². The van der Waals surface area contributed by atoms with Crippen LogP contribution in [0.1, 0.15) is 26.3 Å². The minimum atomic E-state index is -3.82. The molecule has 0 aliphatic rings. The zero-order valence-electron chi connectivity index (χ0n) is 14.1. The van der Waals surface area contributed by atoms with Crippen LogP contribution in [0.25, 0.3) is 0 Å². The van der Waals surface area contributed by atoms with E-state index < -0.39 is 10.0 Å². The number of hydrogen-bond acceptors (Lipinski definition) is 7. The number of carbonyl (C=O) groups excluding carboxylic acids is 1. The van der Waals surface area contributed by atoms with Gasteiger partial charge in [0.2, 0.25) is 15.4 Å². The lowest BCUT2D eigenvalue weighted by molar-refractivity contribution is -0.118. The number of ether oxygens (including phenoxy) is 1. The fraction of sp³-hybridized carbons (Fsp3) is 0.400. The molecule has 25 heavy (non-hydrogen) atoms. The fourth-order valence-electron chi connectivity index (χ4n) is 1.77. The summed E-state index contributed by atoms with van der Waals surface area (Å²) in [7, 11) is -3.82. The zero-order chi connectivity index (χ0) is 18.4. The summed E-state index contributed by atoms with van der Waals surface area (Å²) in [5, 5.41) is 10.0. The summed E-state index contributed by atoms with van der Waals surface area (Å²) >= 11 is 0.803. The normalized spacial score (nSPS) is 11.5. The number of carbonyl (C=O) groups is 1. The van der Waals surface area contributed by atoms with Gasteiger partial charge in [0.05, 0.1) is 6.61 Å². The molecule has 1 amide bonds. The van der Waals surface area contributed by atoms with E-state index in [-0.39, 0.29) is 27.8 Å². The Labute approximate surface area is 150 Å². The van der Waals surface area contributed by atoms with Gasteiger partial charge in [0.25, 0.3) is 10.0 Å². The second kappa shape index (κ2) is 8.37. The van der Waals surface area contributed by atoms with Crippen LogP contribution in [0.2, 0.25) is 0 Å². The Bertz CT molecular complexity index is 834. The highest BCUT2D eigenvalue weighted by atomic mass is 32.2. The molecule has 0 aliphatic heterocycles. The standard InChI is InChI=1S/C15H20N4O4S2/c1-4-23-12-7-5-6-11(8-12)9-16-25(21,22)15-19-18-14(24-15)17-13(20)10(2)3/h5-8,10,16H,4,9H2,1-3H3,(H,17,18,20). The Morgan fingerprint density at radius 2 is 2.08 bits per heavy atom. The van der Waals surface area contributed by atoms with Crippen LogP contribution in [0.15, 0.2) is 28.6 Å². The molecule has 0 aliphatic carbocycles. The van der Waals surface area contributed by atoms with E-state index >= 15 is 0 Å². The van der Waals surface area contributed by atoms with Crippen molar-refractivity contribution >= 4 is 32.4 Å². The van der Waals surface area contributed by atoms with Crippen molar-refractivity contribution in [3.05, 3.63) is 29.8 Å². The van der Waals surface area contributed by atoms with Gasteiger partial charge in [0.15, 0.2) is 0 Å². The van der Waals surface area contributed by atoms with Gasteiger partial charge in [-0.05, 0) is 24.6 Å². The van der Waals surface area contributed by atoms with Crippen LogP contribution in [0, 0.1) is 5.92 Å². The number of nitrogens with zero attached hydrogens (tertiary/aromatic N) is 2. The van der Waals surface area contributed by atoms with Gasteiger partial charge in [0, 0.05) is 12.5 Å². The van der Waals surface area contributed by atoms with E-state index in [4.69, 9.17) is 4.74 Å². The molecule has 1 aromatic heterocycles. The molecule has 0 saturated carbocycles. The molecule has 0 atom stereocenters. The first kappa shape index (κ1) is 19.3. The van der Waals surface area contributed by atoms with Gasteiger partial charge in [0.1, 0.15) is 5.75 Å². The number of benzene rings is 1. The number of hydrogen-bond donors (Lipinski definition) is 2. The van der Waals surface area contributed by atoms with Gasteiger partial charge in [-0.3, -0.25) is 4.79 Å². The van der Waals surface area contributed by atoms with Crippen LogP contribution >= 0.6 is 11.3 Å². The van der Waals surface area contributed by atoms with Crippen molar-refractivity contribution < 1.29 is 17.9 Å². The van der Waals surface area contributed by atoms with Crippen molar-refractivity contribution in [2.24, 2.45) is 5.92 Å². The van der Waals surface area contributed by atoms with E-state index in [1.807, 2.05) is 6.92 Å². The van der Waals surface area contributed by atoms with Crippen molar-refractivity contribution in [1.82, 2.24) is 14.9 Å². The molecule has 1 aromatic carbocycles. The smallest absolute Gasteiger partial charge is 0.270 e. The van der Waals surface area contributed by atoms with E-state index in [2.05, 4.69) is 20.2 Å². The highest BCUT2D eigenvalue weighted by molar-refractivity contribution is 7.91. The first-order valence-electron chi connectivity index (χ1n) is 7.67. The quantitative estimate of drug-likeness (QED) is 0.674. The molecule has 2 rings (SSSR count). The van der Waals surface area contributed by atoms with Crippen LogP contribution in [-0.2, 0) is 21.4 Å². The molecular weight excluding hydrogens is 364 g/mol. The predicted octanol–water partition coefficient (Wildman–Crippen LogP) is 2.01. The molecule has 136 valence electrons. The molecule has 0 fully saturated rings. The van der Waals surface area contributed by atoms with Crippen LogP contribution < -0.4 is 14.8 Å². The number of anilines is 1. The molecule has 2 N–H and O–H groups in total. The van der Waals surface area contributed by atoms with Gasteiger partial charge >= 0.3 is 0 Å². The van der Waals surface area contributed by atoms with Crippen LogP contribution in [0.4, 0.5) is 5.13 Å². The molecule has 2 aromatic rings. The van der Waals surface area contributed by atoms with Crippen molar-refractivity contribution in [3.8, 4) is 5.75 Å². The van der Waals surface area contributed by atoms with E-state index in [0.717, 1.165) is 16.9 Å². The monoisotopic (exact) mass is 384 g/mol. The summed E-state index contributed by atoms with van der Waals surface area (Å²) in [6.07, 6.45) is 0. The van der Waals surface area contributed by atoms with Crippen molar-refractivity contribution in [2.45, 2.75) is 31.7 Å². The molecule has 0 spiro atoms. The lowest BCUT2D eigenvalue weighted by Crippen LogP contribution is -2.23. The highest BCUT2D eigenvalue weighted by Gasteiger charge is 2.21. The summed E-state index contributed by atoms with van der Waals surface area (Å²) in [6, 6.07) is 7.15. The average molecular weight is 384 g/mol. The maximum absolute atomic E-state index is 12.3. The SMILES string of the molecule is CCOc1cccc(CNS(=O)(=O)c2nnc(NC(=O)C(C)C)s2)c1. The summed E-state index contributed by atoms with van der Waals surface area (Å²) in [6.45, 7) is 5.96. The number of sulfonamides is 1. The van der Waals surface area contributed by atoms with Gasteiger partial charge < -0.3 is 10.1 Å². The fourth-order valence-corrected chi connectivity index (χ4v) is 3.73. The summed E-state index contributed by atoms with van der Waals surface area (Å²) in [4.78, 5) is 11.6. The third-order valence-corrected chi connectivity index (χ3v) is 5.67. The molecule has 8 nitrogen and oxygen atoms in total. The predicted molar refractivity (Wildman–Crippen MR) is 95.0 cm³/mol. The summed E-state index contributed by atoms with van der Waals surface area (Å²) in [5.74, 6) is 0.189. The Morgan fingerprint density at radius 3 is 2.76 bits per heavy atom. The second-order valence-corrected chi connectivity index (χ2v) is 8.34. The number of amides is 1. The third kappa shape index (κ3) is 5.48. The van der Waals surface area contributed by atoms with Crippen molar-refractivity contribution in [1.29, 1.82) is 0 Å². The number of nitrogens with one attached hydrogen (secondary N) is 2. The molecule has 0 radical (unpaired) electrons. The average Bonchev–Trinajstić information content (AvgIpc) is 3.03. The second-order valence-electron chi connectivity index (χ2n) is 5.42. The van der Waals surface area contributed by atoms with Gasteiger partial charge in [-0.15, -0.1) is 10.2 Å². The summed E-state index contributed by atoms with van der Waals surface area (Å²) < 4.78 is 32.2. The van der Waals surface area contributed by atoms with E-state index in [0.29, 0.717) is 12.4 Å². The Hall–Kier alpha value is -2.04. The Kier molecular flexibility index (Phi) is 6.45. The molecule has 0 saturated heterocycles. The molecule has 0 unspecified atom stereocenters. The topological polar surface area (TPSA) is 110 Å². The van der Waals surface area contributed by atoms with Crippen LogP contribution in [-0.4, -0.2) is 31.1 Å². The Balaban J connectivity index is 2.03. The largest absolute Gasteiger partial charge is 0.494 e. The third-order valence-electron chi connectivity index (χ3n) is 3.07. The van der Waals surface area contributed by atoms with Crippen molar-refractivity contribution in [3.63, 3.8) is 0 Å². The molecular formula is C15H20N4O4S2. The lowest BCUT2D eigenvalue weighted by Gasteiger charge is -2.07.